The molecule has 0 atom stereocenters. The van der Waals surface area contributed by atoms with Crippen molar-refractivity contribution in [3.63, 3.8) is 0 Å². The predicted octanol–water partition coefficient (Wildman–Crippen LogP) is 2.69. The molecule has 0 bridgehead atoms. The molecule has 0 heterocycles. The molecule has 25 heavy (non-hydrogen) atoms. The smallest absolute Gasteiger partial charge is 0.229 e. The summed E-state index contributed by atoms with van der Waals surface area (Å²) in [6.07, 6.45) is 7.50. The molecule has 7 heteroatoms. The number of hydrogen-bond acceptors (Lipinski definition) is 3. The maximum absolute atomic E-state index is 11.5. The number of anilines is 1. The Labute approximate surface area is 151 Å². The lowest BCUT2D eigenvalue weighted by Crippen LogP contribution is -2.42. The fourth-order valence-corrected chi connectivity index (χ4v) is 4.02. The molecule has 1 saturated carbocycles. The van der Waals surface area contributed by atoms with E-state index in [1.807, 2.05) is 18.2 Å². The van der Waals surface area contributed by atoms with Gasteiger partial charge in [0, 0.05) is 20.1 Å². The van der Waals surface area contributed by atoms with Crippen LogP contribution < -0.4 is 15.4 Å². The van der Waals surface area contributed by atoms with Crippen molar-refractivity contribution < 1.29 is 8.42 Å². The van der Waals surface area contributed by atoms with Crippen LogP contribution in [0.5, 0.6) is 0 Å². The summed E-state index contributed by atoms with van der Waals surface area (Å²) in [5.74, 6) is 0.744. The topological polar surface area (TPSA) is 82.6 Å². The van der Waals surface area contributed by atoms with Crippen LogP contribution in [-0.2, 0) is 16.6 Å². The van der Waals surface area contributed by atoms with E-state index < -0.39 is 10.0 Å². The molecule has 1 aliphatic rings. The molecule has 1 fully saturated rings. The van der Waals surface area contributed by atoms with Crippen LogP contribution in [0.2, 0.25) is 0 Å². The summed E-state index contributed by atoms with van der Waals surface area (Å²) in [5, 5.41) is 6.72. The van der Waals surface area contributed by atoms with Gasteiger partial charge in [-0.15, -0.1) is 0 Å². The predicted molar refractivity (Wildman–Crippen MR) is 104 cm³/mol. The van der Waals surface area contributed by atoms with Gasteiger partial charge in [-0.25, -0.2) is 8.42 Å². The maximum atomic E-state index is 11.5. The highest BCUT2D eigenvalue weighted by molar-refractivity contribution is 7.92. The van der Waals surface area contributed by atoms with Crippen LogP contribution in [0.15, 0.2) is 29.3 Å². The summed E-state index contributed by atoms with van der Waals surface area (Å²) in [4.78, 5) is 4.29. The molecule has 0 aromatic heterocycles. The molecule has 0 radical (unpaired) electrons. The number of nitrogens with one attached hydrogen (secondary N) is 3. The highest BCUT2D eigenvalue weighted by Crippen LogP contribution is 2.40. The summed E-state index contributed by atoms with van der Waals surface area (Å²) in [7, 11) is -1.55. The fraction of sp³-hybridized carbons (Fsp3) is 0.611. The van der Waals surface area contributed by atoms with Crippen LogP contribution in [0, 0.1) is 5.41 Å². The molecular weight excluding hydrogens is 336 g/mol. The molecule has 1 aliphatic carbocycles. The first-order valence-electron chi connectivity index (χ1n) is 8.88. The van der Waals surface area contributed by atoms with Gasteiger partial charge < -0.3 is 10.6 Å². The van der Waals surface area contributed by atoms with Crippen LogP contribution in [-0.4, -0.2) is 34.2 Å². The van der Waals surface area contributed by atoms with E-state index >= 15 is 0 Å². The number of rotatable bonds is 7. The molecule has 0 aliphatic heterocycles. The van der Waals surface area contributed by atoms with Crippen LogP contribution in [0.3, 0.4) is 0 Å². The zero-order chi connectivity index (χ0) is 18.3. The lowest BCUT2D eigenvalue weighted by atomic mass is 9.83. The SMILES string of the molecule is CCC1(CNC(=NC)NCc2ccccc2NS(C)(=O)=O)CCCC1. The fourth-order valence-electron chi connectivity index (χ4n) is 3.42. The molecule has 0 unspecified atom stereocenters. The Morgan fingerprint density at radius 3 is 2.48 bits per heavy atom. The van der Waals surface area contributed by atoms with E-state index in [-0.39, 0.29) is 0 Å². The number of para-hydroxylation sites is 1. The molecule has 0 amide bonds. The van der Waals surface area contributed by atoms with E-state index in [0.717, 1.165) is 24.3 Å². The minimum absolute atomic E-state index is 0.382. The molecule has 0 saturated heterocycles. The maximum Gasteiger partial charge on any atom is 0.229 e. The third-order valence-electron chi connectivity index (χ3n) is 5.03. The van der Waals surface area contributed by atoms with Crippen molar-refractivity contribution in [1.29, 1.82) is 0 Å². The summed E-state index contributed by atoms with van der Waals surface area (Å²) in [6.45, 7) is 3.68. The third-order valence-corrected chi connectivity index (χ3v) is 5.62. The highest BCUT2D eigenvalue weighted by atomic mass is 32.2. The third kappa shape index (κ3) is 5.92. The monoisotopic (exact) mass is 366 g/mol. The van der Waals surface area contributed by atoms with Crippen LogP contribution in [0.25, 0.3) is 0 Å². The molecule has 1 aromatic rings. The average Bonchev–Trinajstić information content (AvgIpc) is 3.04. The second-order valence-electron chi connectivity index (χ2n) is 6.87. The van der Waals surface area contributed by atoms with E-state index in [4.69, 9.17) is 0 Å². The lowest BCUT2D eigenvalue weighted by molar-refractivity contribution is 0.283. The van der Waals surface area contributed by atoms with Crippen molar-refractivity contribution in [3.8, 4) is 0 Å². The molecule has 140 valence electrons. The lowest BCUT2D eigenvalue weighted by Gasteiger charge is -2.28. The summed E-state index contributed by atoms with van der Waals surface area (Å²) in [6, 6.07) is 7.37. The Kier molecular flexibility index (Phi) is 6.70. The average molecular weight is 367 g/mol. The normalized spacial score (nSPS) is 17.3. The molecule has 1 aromatic carbocycles. The van der Waals surface area contributed by atoms with Crippen molar-refractivity contribution in [2.45, 2.75) is 45.6 Å². The molecule has 3 N–H and O–H groups in total. The van der Waals surface area contributed by atoms with Gasteiger partial charge in [-0.2, -0.15) is 0 Å². The minimum atomic E-state index is -3.30. The molecule has 6 nitrogen and oxygen atoms in total. The largest absolute Gasteiger partial charge is 0.356 e. The Bertz CT molecular complexity index is 695. The van der Waals surface area contributed by atoms with Gasteiger partial charge in [-0.1, -0.05) is 38.0 Å². The van der Waals surface area contributed by atoms with Crippen molar-refractivity contribution in [2.75, 3.05) is 24.6 Å². The van der Waals surface area contributed by atoms with Crippen LogP contribution in [0.4, 0.5) is 5.69 Å². The van der Waals surface area contributed by atoms with E-state index in [0.29, 0.717) is 17.6 Å². The first-order chi connectivity index (χ1) is 11.9. The zero-order valence-electron chi connectivity index (χ0n) is 15.4. The standard InChI is InChI=1S/C18H30N4O2S/c1-4-18(11-7-8-12-18)14-21-17(19-2)20-13-15-9-5-6-10-16(15)22-25(3,23)24/h5-6,9-10,22H,4,7-8,11-14H2,1-3H3,(H2,19,20,21). The molecule has 2 rings (SSSR count). The number of sulfonamides is 1. The quantitative estimate of drug-likeness (QED) is 0.512. The number of hydrogen-bond donors (Lipinski definition) is 3. The summed E-state index contributed by atoms with van der Waals surface area (Å²) in [5.41, 5.74) is 1.85. The van der Waals surface area contributed by atoms with E-state index in [9.17, 15) is 8.42 Å². The van der Waals surface area contributed by atoms with Gasteiger partial charge in [0.25, 0.3) is 0 Å². The number of guanidine groups is 1. The summed E-state index contributed by atoms with van der Waals surface area (Å²) >= 11 is 0. The van der Waals surface area contributed by atoms with Gasteiger partial charge in [0.15, 0.2) is 5.96 Å². The van der Waals surface area contributed by atoms with Gasteiger partial charge >= 0.3 is 0 Å². The van der Waals surface area contributed by atoms with Crippen LogP contribution in [0.1, 0.15) is 44.6 Å². The Morgan fingerprint density at radius 1 is 1.20 bits per heavy atom. The summed E-state index contributed by atoms with van der Waals surface area (Å²) < 4.78 is 25.6. The van der Waals surface area contributed by atoms with Crippen molar-refractivity contribution in [3.05, 3.63) is 29.8 Å². The van der Waals surface area contributed by atoms with E-state index in [2.05, 4.69) is 27.3 Å². The van der Waals surface area contributed by atoms with Gasteiger partial charge in [-0.05, 0) is 36.3 Å². The first-order valence-corrected chi connectivity index (χ1v) is 10.8. The number of nitrogens with zero attached hydrogens (tertiary/aromatic N) is 1. The van der Waals surface area contributed by atoms with Crippen molar-refractivity contribution in [1.82, 2.24) is 10.6 Å². The van der Waals surface area contributed by atoms with Gasteiger partial charge in [0.2, 0.25) is 10.0 Å². The van der Waals surface area contributed by atoms with Gasteiger partial charge in [-0.3, -0.25) is 9.71 Å². The molecular formula is C18H30N4O2S. The number of aliphatic imine (C=N–C) groups is 1. The second-order valence-corrected chi connectivity index (χ2v) is 8.62. The van der Waals surface area contributed by atoms with Crippen molar-refractivity contribution in [2.24, 2.45) is 10.4 Å². The zero-order valence-corrected chi connectivity index (χ0v) is 16.2. The van der Waals surface area contributed by atoms with Crippen molar-refractivity contribution >= 4 is 21.7 Å². The van der Waals surface area contributed by atoms with Crippen LogP contribution >= 0.6 is 0 Å². The van der Waals surface area contributed by atoms with Gasteiger partial charge in [0.1, 0.15) is 0 Å². The Hall–Kier alpha value is -1.76. The van der Waals surface area contributed by atoms with E-state index in [1.54, 1.807) is 13.1 Å². The first kappa shape index (κ1) is 19.6. The molecule has 0 spiro atoms. The van der Waals surface area contributed by atoms with E-state index in [1.165, 1.54) is 32.1 Å². The van der Waals surface area contributed by atoms with Gasteiger partial charge in [0.05, 0.1) is 11.9 Å². The highest BCUT2D eigenvalue weighted by Gasteiger charge is 2.31. The Balaban J connectivity index is 1.95. The second kappa shape index (κ2) is 8.56. The minimum Gasteiger partial charge on any atom is -0.356 e. The number of benzene rings is 1. The Morgan fingerprint density at radius 2 is 1.88 bits per heavy atom.